The molecule has 7 heteroatoms. The highest BCUT2D eigenvalue weighted by Crippen LogP contribution is 2.21. The number of ether oxygens (including phenoxy) is 1. The highest BCUT2D eigenvalue weighted by molar-refractivity contribution is 7.90. The zero-order chi connectivity index (χ0) is 12.9. The Morgan fingerprint density at radius 3 is 2.71 bits per heavy atom. The molecule has 0 unspecified atom stereocenters. The Morgan fingerprint density at radius 1 is 1.41 bits per heavy atom. The number of hydrogen-bond donors (Lipinski definition) is 3. The van der Waals surface area contributed by atoms with Crippen LogP contribution in [0.2, 0.25) is 0 Å². The molecule has 1 rings (SSSR count). The first-order valence-electron chi connectivity index (χ1n) is 5.00. The molecule has 0 saturated carbocycles. The Kier molecular flexibility index (Phi) is 4.73. The van der Waals surface area contributed by atoms with E-state index in [4.69, 9.17) is 4.74 Å². The molecule has 17 heavy (non-hydrogen) atoms. The fourth-order valence-electron chi connectivity index (χ4n) is 1.14. The monoisotopic (exact) mass is 260 g/mol. The Morgan fingerprint density at radius 2 is 2.12 bits per heavy atom. The van der Waals surface area contributed by atoms with Gasteiger partial charge in [-0.2, -0.15) is 13.1 Å². The normalized spacial score (nSPS) is 11.4. The van der Waals surface area contributed by atoms with Gasteiger partial charge < -0.3 is 9.84 Å². The molecule has 0 aliphatic heterocycles. The zero-order valence-corrected chi connectivity index (χ0v) is 10.5. The Bertz CT molecular complexity index is 473. The van der Waals surface area contributed by atoms with Crippen LogP contribution in [0.25, 0.3) is 0 Å². The maximum atomic E-state index is 11.5. The number of anilines is 1. The lowest BCUT2D eigenvalue weighted by Crippen LogP contribution is -2.32. The maximum absolute atomic E-state index is 11.5. The molecule has 1 aromatic rings. The first-order chi connectivity index (χ1) is 7.94. The van der Waals surface area contributed by atoms with Gasteiger partial charge in [-0.25, -0.2) is 0 Å². The fraction of sp³-hybridized carbons (Fsp3) is 0.400. The van der Waals surface area contributed by atoms with E-state index in [2.05, 4.69) is 9.44 Å². The smallest absolute Gasteiger partial charge is 0.299 e. The fourth-order valence-corrected chi connectivity index (χ4v) is 2.00. The first kappa shape index (κ1) is 13.8. The van der Waals surface area contributed by atoms with E-state index in [1.54, 1.807) is 19.1 Å². The van der Waals surface area contributed by atoms with E-state index in [-0.39, 0.29) is 12.3 Å². The second-order valence-electron chi connectivity index (χ2n) is 3.49. The zero-order valence-electron chi connectivity index (χ0n) is 9.73. The number of aryl methyl sites for hydroxylation is 1. The largest absolute Gasteiger partial charge is 0.508 e. The quantitative estimate of drug-likeness (QED) is 0.653. The van der Waals surface area contributed by atoms with Crippen LogP contribution in [0.4, 0.5) is 5.69 Å². The van der Waals surface area contributed by atoms with Crippen LogP contribution in [0.15, 0.2) is 18.2 Å². The predicted octanol–water partition coefficient (Wildman–Crippen LogP) is 0.593. The summed E-state index contributed by atoms with van der Waals surface area (Å²) >= 11 is 0. The highest BCUT2D eigenvalue weighted by atomic mass is 32.2. The lowest BCUT2D eigenvalue weighted by molar-refractivity contribution is 0.204. The number of rotatable bonds is 6. The van der Waals surface area contributed by atoms with Crippen molar-refractivity contribution in [2.45, 2.75) is 6.92 Å². The van der Waals surface area contributed by atoms with E-state index in [1.165, 1.54) is 13.2 Å². The topological polar surface area (TPSA) is 87.7 Å². The van der Waals surface area contributed by atoms with Crippen LogP contribution in [0, 0.1) is 6.92 Å². The molecule has 0 radical (unpaired) electrons. The molecule has 6 nitrogen and oxygen atoms in total. The molecule has 0 saturated heterocycles. The van der Waals surface area contributed by atoms with Gasteiger partial charge in [-0.05, 0) is 18.6 Å². The van der Waals surface area contributed by atoms with Gasteiger partial charge in [0.25, 0.3) is 10.2 Å². The number of methoxy groups -OCH3 is 1. The van der Waals surface area contributed by atoms with Crippen molar-refractivity contribution in [3.8, 4) is 5.75 Å². The summed E-state index contributed by atoms with van der Waals surface area (Å²) in [5, 5.41) is 9.44. The van der Waals surface area contributed by atoms with Gasteiger partial charge in [-0.3, -0.25) is 4.72 Å². The minimum absolute atomic E-state index is 0.0436. The summed E-state index contributed by atoms with van der Waals surface area (Å²) in [5.41, 5.74) is 0.985. The van der Waals surface area contributed by atoms with Crippen LogP contribution >= 0.6 is 0 Å². The third kappa shape index (κ3) is 4.59. The van der Waals surface area contributed by atoms with Crippen LogP contribution in [0.1, 0.15) is 5.56 Å². The van der Waals surface area contributed by atoms with Crippen molar-refractivity contribution < 1.29 is 18.3 Å². The van der Waals surface area contributed by atoms with E-state index >= 15 is 0 Å². The molecule has 0 atom stereocenters. The summed E-state index contributed by atoms with van der Waals surface area (Å²) in [6.07, 6.45) is 0. The second-order valence-corrected chi connectivity index (χ2v) is 4.99. The summed E-state index contributed by atoms with van der Waals surface area (Å²) < 4.78 is 32.3. The minimum Gasteiger partial charge on any atom is -0.508 e. The van der Waals surface area contributed by atoms with E-state index in [1.807, 2.05) is 0 Å². The van der Waals surface area contributed by atoms with Crippen molar-refractivity contribution in [1.29, 1.82) is 0 Å². The van der Waals surface area contributed by atoms with Crippen molar-refractivity contribution in [2.75, 3.05) is 25.0 Å². The SMILES string of the molecule is COCCNS(=O)(=O)Nc1ccc(C)c(O)c1. The highest BCUT2D eigenvalue weighted by Gasteiger charge is 2.09. The lowest BCUT2D eigenvalue weighted by Gasteiger charge is -2.09. The predicted molar refractivity (Wildman–Crippen MR) is 65.3 cm³/mol. The van der Waals surface area contributed by atoms with Gasteiger partial charge in [0.1, 0.15) is 5.75 Å². The van der Waals surface area contributed by atoms with Gasteiger partial charge in [-0.1, -0.05) is 6.07 Å². The third-order valence-corrected chi connectivity index (χ3v) is 3.15. The molecule has 0 spiro atoms. The van der Waals surface area contributed by atoms with Gasteiger partial charge in [-0.15, -0.1) is 0 Å². The molecular formula is C10H16N2O4S. The first-order valence-corrected chi connectivity index (χ1v) is 6.49. The van der Waals surface area contributed by atoms with E-state index < -0.39 is 10.2 Å². The molecule has 0 aromatic heterocycles. The van der Waals surface area contributed by atoms with Crippen molar-refractivity contribution in [3.63, 3.8) is 0 Å². The molecule has 0 amide bonds. The van der Waals surface area contributed by atoms with Crippen molar-refractivity contribution in [1.82, 2.24) is 4.72 Å². The van der Waals surface area contributed by atoms with Crippen molar-refractivity contribution >= 4 is 15.9 Å². The average molecular weight is 260 g/mol. The van der Waals surface area contributed by atoms with Crippen LogP contribution < -0.4 is 9.44 Å². The molecule has 0 aliphatic carbocycles. The Balaban J connectivity index is 2.66. The molecule has 0 heterocycles. The van der Waals surface area contributed by atoms with Crippen LogP contribution in [-0.4, -0.2) is 33.8 Å². The van der Waals surface area contributed by atoms with E-state index in [0.717, 1.165) is 0 Å². The maximum Gasteiger partial charge on any atom is 0.299 e. The van der Waals surface area contributed by atoms with Crippen LogP contribution in [0.5, 0.6) is 5.75 Å². The summed E-state index contributed by atoms with van der Waals surface area (Å²) in [6, 6.07) is 4.55. The molecule has 3 N–H and O–H groups in total. The number of phenols is 1. The average Bonchev–Trinajstić information content (AvgIpc) is 2.23. The van der Waals surface area contributed by atoms with Gasteiger partial charge in [0.2, 0.25) is 0 Å². The number of phenolic OH excluding ortho intramolecular Hbond substituents is 1. The minimum atomic E-state index is -3.63. The number of hydrogen-bond acceptors (Lipinski definition) is 4. The number of aromatic hydroxyl groups is 1. The molecule has 1 aromatic carbocycles. The van der Waals surface area contributed by atoms with E-state index in [9.17, 15) is 13.5 Å². The molecular weight excluding hydrogens is 244 g/mol. The molecule has 0 aliphatic rings. The second kappa shape index (κ2) is 5.85. The third-order valence-electron chi connectivity index (χ3n) is 2.06. The van der Waals surface area contributed by atoms with Crippen LogP contribution in [0.3, 0.4) is 0 Å². The van der Waals surface area contributed by atoms with E-state index in [0.29, 0.717) is 17.9 Å². The van der Waals surface area contributed by atoms with Crippen molar-refractivity contribution in [3.05, 3.63) is 23.8 Å². The summed E-state index contributed by atoms with van der Waals surface area (Å²) in [7, 11) is -2.14. The summed E-state index contributed by atoms with van der Waals surface area (Å²) in [4.78, 5) is 0. The Labute approximate surface area is 101 Å². The van der Waals surface area contributed by atoms with Gasteiger partial charge >= 0.3 is 0 Å². The molecule has 0 fully saturated rings. The summed E-state index contributed by atoms with van der Waals surface area (Å²) in [5.74, 6) is 0.0436. The van der Waals surface area contributed by atoms with Crippen LogP contribution in [-0.2, 0) is 14.9 Å². The Hall–Kier alpha value is -1.31. The lowest BCUT2D eigenvalue weighted by atomic mass is 10.2. The molecule has 96 valence electrons. The summed E-state index contributed by atoms with van der Waals surface area (Å²) in [6.45, 7) is 2.20. The number of benzene rings is 1. The van der Waals surface area contributed by atoms with Gasteiger partial charge in [0.05, 0.1) is 12.3 Å². The van der Waals surface area contributed by atoms with Gasteiger partial charge in [0, 0.05) is 19.7 Å². The number of nitrogens with one attached hydrogen (secondary N) is 2. The van der Waals surface area contributed by atoms with Crippen molar-refractivity contribution in [2.24, 2.45) is 0 Å². The standard InChI is InChI=1S/C10H16N2O4S/c1-8-3-4-9(7-10(8)13)12-17(14,15)11-5-6-16-2/h3-4,7,11-13H,5-6H2,1-2H3. The molecule has 0 bridgehead atoms. The van der Waals surface area contributed by atoms with Gasteiger partial charge in [0.15, 0.2) is 0 Å².